The van der Waals surface area contributed by atoms with Crippen molar-refractivity contribution < 1.29 is 0 Å². The molecule has 4 heteroatoms. The summed E-state index contributed by atoms with van der Waals surface area (Å²) in [5, 5.41) is 3.91. The van der Waals surface area contributed by atoms with E-state index in [-0.39, 0.29) is 5.41 Å². The monoisotopic (exact) mass is 269 g/mol. The number of aromatic nitrogens is 2. The van der Waals surface area contributed by atoms with Gasteiger partial charge in [-0.25, -0.2) is 9.97 Å². The van der Waals surface area contributed by atoms with E-state index in [1.54, 1.807) is 0 Å². The lowest BCUT2D eigenvalue weighted by molar-refractivity contribution is 0.342. The fourth-order valence-corrected chi connectivity index (χ4v) is 2.00. The molecule has 0 spiro atoms. The molecule has 0 aliphatic rings. The van der Waals surface area contributed by atoms with E-state index in [1.807, 2.05) is 6.92 Å². The highest BCUT2D eigenvalue weighted by atomic mass is 35.5. The number of nitrogens with zero attached hydrogens (tertiary/aromatic N) is 2. The lowest BCUT2D eigenvalue weighted by Crippen LogP contribution is -2.23. The maximum atomic E-state index is 5.98. The van der Waals surface area contributed by atoms with Crippen molar-refractivity contribution in [2.24, 2.45) is 5.41 Å². The summed E-state index contributed by atoms with van der Waals surface area (Å²) in [4.78, 5) is 8.19. The Hall–Kier alpha value is -0.830. The molecule has 0 aliphatic heterocycles. The van der Waals surface area contributed by atoms with Crippen molar-refractivity contribution in [3.8, 4) is 0 Å². The van der Waals surface area contributed by atoms with Crippen LogP contribution in [-0.2, 0) is 0 Å². The molecule has 0 atom stereocenters. The molecule has 0 amide bonds. The van der Waals surface area contributed by atoms with Crippen LogP contribution in [0.4, 0.5) is 5.82 Å². The minimum Gasteiger partial charge on any atom is -0.369 e. The first kappa shape index (κ1) is 15.2. The fraction of sp³-hybridized carbons (Fsp3) is 0.714. The number of hydrogen-bond donors (Lipinski definition) is 1. The lowest BCUT2D eigenvalue weighted by Gasteiger charge is -2.25. The predicted octanol–water partition coefficient (Wildman–Crippen LogP) is 4.46. The van der Waals surface area contributed by atoms with Crippen molar-refractivity contribution in [3.63, 3.8) is 0 Å². The Kier molecular flexibility index (Phi) is 5.86. The van der Waals surface area contributed by atoms with Gasteiger partial charge in [0.25, 0.3) is 0 Å². The van der Waals surface area contributed by atoms with Crippen molar-refractivity contribution in [3.05, 3.63) is 17.0 Å². The molecule has 1 rings (SSSR count). The minimum absolute atomic E-state index is 0.277. The molecule has 0 saturated heterocycles. The predicted molar refractivity (Wildman–Crippen MR) is 78.2 cm³/mol. The van der Waals surface area contributed by atoms with Crippen molar-refractivity contribution in [2.45, 2.75) is 53.4 Å². The molecule has 0 aromatic carbocycles. The summed E-state index contributed by atoms with van der Waals surface area (Å²) in [6.07, 6.45) is 6.59. The average Bonchev–Trinajstić information content (AvgIpc) is 2.31. The average molecular weight is 270 g/mol. The fourth-order valence-electron chi connectivity index (χ4n) is 1.87. The number of nitrogens with one attached hydrogen (secondary N) is 1. The number of rotatable bonds is 7. The van der Waals surface area contributed by atoms with Crippen LogP contribution in [-0.4, -0.2) is 16.5 Å². The van der Waals surface area contributed by atoms with E-state index < -0.39 is 0 Å². The molecular weight excluding hydrogens is 246 g/mol. The number of hydrogen-bond acceptors (Lipinski definition) is 3. The molecule has 0 unspecified atom stereocenters. The van der Waals surface area contributed by atoms with Gasteiger partial charge in [-0.2, -0.15) is 0 Å². The molecule has 1 heterocycles. The third-order valence-corrected chi connectivity index (χ3v) is 3.60. The van der Waals surface area contributed by atoms with Gasteiger partial charge in [-0.1, -0.05) is 51.6 Å². The Morgan fingerprint density at radius 3 is 2.67 bits per heavy atom. The van der Waals surface area contributed by atoms with Gasteiger partial charge in [0.2, 0.25) is 0 Å². The Morgan fingerprint density at radius 1 is 1.28 bits per heavy atom. The summed E-state index contributed by atoms with van der Waals surface area (Å²) in [6.45, 7) is 9.65. The van der Waals surface area contributed by atoms with Crippen LogP contribution in [0, 0.1) is 12.3 Å². The topological polar surface area (TPSA) is 37.8 Å². The van der Waals surface area contributed by atoms with E-state index >= 15 is 0 Å². The van der Waals surface area contributed by atoms with Gasteiger partial charge in [-0.05, 0) is 18.8 Å². The quantitative estimate of drug-likeness (QED) is 0.587. The van der Waals surface area contributed by atoms with Crippen LogP contribution < -0.4 is 5.32 Å². The van der Waals surface area contributed by atoms with Gasteiger partial charge in [-0.15, -0.1) is 0 Å². The van der Waals surface area contributed by atoms with Crippen LogP contribution in [0.5, 0.6) is 0 Å². The summed E-state index contributed by atoms with van der Waals surface area (Å²) < 4.78 is 0. The maximum Gasteiger partial charge on any atom is 0.137 e. The van der Waals surface area contributed by atoms with Crippen LogP contribution in [0.15, 0.2) is 6.33 Å². The van der Waals surface area contributed by atoms with Gasteiger partial charge in [0.05, 0.1) is 0 Å². The standard InChI is InChI=1S/C14H24ClN3/c1-5-6-7-8-14(3,4)9-16-13-11(2)12(15)17-10-18-13/h10H,5-9H2,1-4H3,(H,16,17,18). The van der Waals surface area contributed by atoms with Gasteiger partial charge in [0.15, 0.2) is 0 Å². The maximum absolute atomic E-state index is 5.98. The highest BCUT2D eigenvalue weighted by Gasteiger charge is 2.17. The zero-order chi connectivity index (χ0) is 13.6. The summed E-state index contributed by atoms with van der Waals surface area (Å²) >= 11 is 5.98. The number of unbranched alkanes of at least 4 members (excludes halogenated alkanes) is 2. The van der Waals surface area contributed by atoms with Crippen molar-refractivity contribution in [2.75, 3.05) is 11.9 Å². The van der Waals surface area contributed by atoms with Gasteiger partial charge in [0.1, 0.15) is 17.3 Å². The van der Waals surface area contributed by atoms with E-state index in [0.29, 0.717) is 5.15 Å². The van der Waals surface area contributed by atoms with Gasteiger partial charge in [-0.3, -0.25) is 0 Å². The molecule has 0 saturated carbocycles. The minimum atomic E-state index is 0.277. The molecular formula is C14H24ClN3. The number of anilines is 1. The van der Waals surface area contributed by atoms with Crippen molar-refractivity contribution in [1.82, 2.24) is 9.97 Å². The van der Waals surface area contributed by atoms with Crippen LogP contribution in [0.3, 0.4) is 0 Å². The smallest absolute Gasteiger partial charge is 0.137 e. The first-order valence-corrected chi connectivity index (χ1v) is 7.05. The van der Waals surface area contributed by atoms with Crippen molar-refractivity contribution in [1.29, 1.82) is 0 Å². The van der Waals surface area contributed by atoms with Crippen LogP contribution in [0.1, 0.15) is 52.0 Å². The van der Waals surface area contributed by atoms with Crippen LogP contribution in [0.2, 0.25) is 5.15 Å². The Balaban J connectivity index is 2.50. The summed E-state index contributed by atoms with van der Waals surface area (Å²) in [5.41, 5.74) is 1.20. The highest BCUT2D eigenvalue weighted by Crippen LogP contribution is 2.25. The molecule has 3 nitrogen and oxygen atoms in total. The molecule has 0 bridgehead atoms. The lowest BCUT2D eigenvalue weighted by atomic mass is 9.87. The van der Waals surface area contributed by atoms with Gasteiger partial charge in [0, 0.05) is 12.1 Å². The molecule has 1 aromatic heterocycles. The summed E-state index contributed by atoms with van der Waals surface area (Å²) in [5.74, 6) is 0.846. The molecule has 0 radical (unpaired) electrons. The first-order valence-electron chi connectivity index (χ1n) is 6.67. The SMILES string of the molecule is CCCCCC(C)(C)CNc1ncnc(Cl)c1C. The van der Waals surface area contributed by atoms with E-state index in [0.717, 1.165) is 17.9 Å². The van der Waals surface area contributed by atoms with Crippen molar-refractivity contribution >= 4 is 17.4 Å². The molecule has 0 fully saturated rings. The Morgan fingerprint density at radius 2 is 2.00 bits per heavy atom. The summed E-state index contributed by atoms with van der Waals surface area (Å²) in [6, 6.07) is 0. The number of halogens is 1. The van der Waals surface area contributed by atoms with E-state index in [9.17, 15) is 0 Å². The van der Waals surface area contributed by atoms with Crippen LogP contribution in [0.25, 0.3) is 0 Å². The van der Waals surface area contributed by atoms with Gasteiger partial charge >= 0.3 is 0 Å². The second kappa shape index (κ2) is 6.93. The second-order valence-corrected chi connectivity index (χ2v) is 5.97. The summed E-state index contributed by atoms with van der Waals surface area (Å²) in [7, 11) is 0. The largest absolute Gasteiger partial charge is 0.369 e. The molecule has 102 valence electrons. The zero-order valence-electron chi connectivity index (χ0n) is 11.9. The molecule has 18 heavy (non-hydrogen) atoms. The Bertz CT molecular complexity index is 377. The van der Waals surface area contributed by atoms with Gasteiger partial charge < -0.3 is 5.32 Å². The second-order valence-electron chi connectivity index (χ2n) is 5.61. The highest BCUT2D eigenvalue weighted by molar-refractivity contribution is 6.30. The third-order valence-electron chi connectivity index (χ3n) is 3.21. The normalized spacial score (nSPS) is 11.6. The van der Waals surface area contributed by atoms with E-state index in [4.69, 9.17) is 11.6 Å². The molecule has 1 N–H and O–H groups in total. The zero-order valence-corrected chi connectivity index (χ0v) is 12.6. The third kappa shape index (κ3) is 4.81. The molecule has 1 aromatic rings. The van der Waals surface area contributed by atoms with E-state index in [2.05, 4.69) is 36.1 Å². The van der Waals surface area contributed by atoms with E-state index in [1.165, 1.54) is 32.0 Å². The Labute approximate surface area is 115 Å². The van der Waals surface area contributed by atoms with Crippen LogP contribution >= 0.6 is 11.6 Å². The first-order chi connectivity index (χ1) is 8.46. The molecule has 0 aliphatic carbocycles.